The molecule has 44 heavy (non-hydrogen) atoms. The summed E-state index contributed by atoms with van der Waals surface area (Å²) in [6.07, 6.45) is 2.89. The molecule has 0 unspecified atom stereocenters. The lowest BCUT2D eigenvalue weighted by atomic mass is 9.98. The average Bonchev–Trinajstić information content (AvgIpc) is 2.99. The normalized spacial score (nSPS) is 12.1. The summed E-state index contributed by atoms with van der Waals surface area (Å²) in [5.41, 5.74) is 0.206. The molecule has 0 N–H and O–H groups in total. The minimum absolute atomic E-state index is 0.123. The van der Waals surface area contributed by atoms with Gasteiger partial charge in [0.1, 0.15) is 5.75 Å². The third kappa shape index (κ3) is 13.5. The minimum atomic E-state index is -4.72. The van der Waals surface area contributed by atoms with Gasteiger partial charge in [-0.05, 0) is 74.1 Å². The number of aromatic carboxylic acids is 1. The Bertz CT molecular complexity index is 1160. The van der Waals surface area contributed by atoms with E-state index in [4.69, 9.17) is 14.2 Å². The van der Waals surface area contributed by atoms with Crippen LogP contribution in [0, 0.1) is 0 Å². The van der Waals surface area contributed by atoms with Gasteiger partial charge in [0.2, 0.25) is 0 Å². The number of ether oxygens (including phenoxy) is 3. The molecule has 2 aromatic rings. The molecule has 0 bridgehead atoms. The number of carbonyl (C=O) groups excluding carboxylic acids is 3. The van der Waals surface area contributed by atoms with Crippen molar-refractivity contribution in [1.29, 1.82) is 0 Å². The van der Waals surface area contributed by atoms with Crippen LogP contribution in [-0.2, 0) is 14.3 Å². The minimum Gasteiger partial charge on any atom is -0.545 e. The number of carboxylic acid groups (broad SMARTS) is 1. The molecule has 10 heteroatoms. The summed E-state index contributed by atoms with van der Waals surface area (Å²) in [5, 5.41) is 11.8. The van der Waals surface area contributed by atoms with Crippen molar-refractivity contribution in [2.45, 2.75) is 110 Å². The number of halogens is 3. The Balaban J connectivity index is 2.01. The van der Waals surface area contributed by atoms with Gasteiger partial charge in [-0.2, -0.15) is 13.2 Å². The van der Waals surface area contributed by atoms with E-state index in [1.54, 1.807) is 0 Å². The average molecular weight is 622 g/mol. The Morgan fingerprint density at radius 2 is 1.45 bits per heavy atom. The van der Waals surface area contributed by atoms with Crippen LogP contribution < -0.4 is 9.84 Å². The summed E-state index contributed by atoms with van der Waals surface area (Å²) >= 11 is 0. The van der Waals surface area contributed by atoms with E-state index in [9.17, 15) is 32.7 Å². The molecule has 0 aromatic heterocycles. The number of carbonyl (C=O) groups is 3. The summed E-state index contributed by atoms with van der Waals surface area (Å²) in [7, 11) is 0. The van der Waals surface area contributed by atoms with Crippen LogP contribution in [0.15, 0.2) is 42.5 Å². The van der Waals surface area contributed by atoms with Gasteiger partial charge < -0.3 is 24.1 Å². The smallest absolute Gasteiger partial charge is 0.425 e. The van der Waals surface area contributed by atoms with Crippen LogP contribution in [0.3, 0.4) is 0 Å². The first-order chi connectivity index (χ1) is 21.1. The van der Waals surface area contributed by atoms with Gasteiger partial charge in [0.05, 0.1) is 11.5 Å². The quantitative estimate of drug-likeness (QED) is 0.0795. The second kappa shape index (κ2) is 19.8. The van der Waals surface area contributed by atoms with E-state index in [1.807, 2.05) is 6.92 Å². The number of hydrogen-bond acceptors (Lipinski definition) is 7. The molecular formula is C34H44F3O7-. The van der Waals surface area contributed by atoms with Crippen molar-refractivity contribution in [2.24, 2.45) is 0 Å². The van der Waals surface area contributed by atoms with Gasteiger partial charge in [-0.3, -0.25) is 4.79 Å². The summed E-state index contributed by atoms with van der Waals surface area (Å²) in [6, 6.07) is 9.30. The molecule has 0 saturated heterocycles. The molecular weight excluding hydrogens is 577 g/mol. The van der Waals surface area contributed by atoms with Gasteiger partial charge in [-0.1, -0.05) is 70.4 Å². The molecule has 0 aliphatic carbocycles. The van der Waals surface area contributed by atoms with Crippen LogP contribution in [0.25, 0.3) is 11.1 Å². The highest BCUT2D eigenvalue weighted by molar-refractivity contribution is 5.96. The lowest BCUT2D eigenvalue weighted by Crippen LogP contribution is -2.33. The first kappa shape index (κ1) is 36.8. The SMILES string of the molecule is CCCCCCCCCCC(=O)Oc1ccc(C(=O)[O-])c(-c2ccc(C(=O)O[C@H](CCCCCOCC)C(F)(F)F)cc2)c1. The Morgan fingerprint density at radius 1 is 0.818 bits per heavy atom. The molecule has 0 heterocycles. The topological polar surface area (TPSA) is 102 Å². The number of unbranched alkanes of at least 4 members (excludes halogenated alkanes) is 9. The molecule has 0 spiro atoms. The fourth-order valence-electron chi connectivity index (χ4n) is 4.72. The lowest BCUT2D eigenvalue weighted by Gasteiger charge is -2.21. The molecule has 0 fully saturated rings. The maximum Gasteiger partial charge on any atom is 0.425 e. The van der Waals surface area contributed by atoms with E-state index >= 15 is 0 Å². The highest BCUT2D eigenvalue weighted by Gasteiger charge is 2.42. The largest absolute Gasteiger partial charge is 0.545 e. The zero-order valence-electron chi connectivity index (χ0n) is 25.7. The van der Waals surface area contributed by atoms with Crippen molar-refractivity contribution in [3.05, 3.63) is 53.6 Å². The molecule has 0 saturated carbocycles. The molecule has 244 valence electrons. The standard InChI is InChI=1S/C34H45F3O7/c1-3-5-6-7-8-9-10-13-16-31(38)43-27-21-22-28(32(39)40)29(24-27)25-17-19-26(20-18-25)33(41)44-30(34(35,36)37)15-12-11-14-23-42-4-2/h17-22,24,30H,3-16,23H2,1-2H3,(H,39,40)/p-1/t30-/m1/s1. The summed E-state index contributed by atoms with van der Waals surface area (Å²) in [5.74, 6) is -2.89. The molecule has 0 aliphatic rings. The predicted molar refractivity (Wildman–Crippen MR) is 159 cm³/mol. The number of esters is 2. The van der Waals surface area contributed by atoms with Crippen molar-refractivity contribution in [3.8, 4) is 16.9 Å². The first-order valence-corrected chi connectivity index (χ1v) is 15.6. The van der Waals surface area contributed by atoms with Crippen molar-refractivity contribution in [3.63, 3.8) is 0 Å². The summed E-state index contributed by atoms with van der Waals surface area (Å²) < 4.78 is 56.0. The molecule has 2 rings (SSSR count). The van der Waals surface area contributed by atoms with Crippen LogP contribution in [0.1, 0.15) is 118 Å². The van der Waals surface area contributed by atoms with Gasteiger partial charge in [0, 0.05) is 25.2 Å². The van der Waals surface area contributed by atoms with Gasteiger partial charge in [0.15, 0.2) is 6.10 Å². The zero-order valence-corrected chi connectivity index (χ0v) is 25.7. The highest BCUT2D eigenvalue weighted by Crippen LogP contribution is 2.31. The predicted octanol–water partition coefficient (Wildman–Crippen LogP) is 7.84. The maximum absolute atomic E-state index is 13.5. The molecule has 0 amide bonds. The summed E-state index contributed by atoms with van der Waals surface area (Å²) in [6.45, 7) is 5.00. The molecule has 0 radical (unpaired) electrons. The van der Waals surface area contributed by atoms with Crippen molar-refractivity contribution < 1.29 is 46.9 Å². The number of benzene rings is 2. The number of hydrogen-bond donors (Lipinski definition) is 0. The lowest BCUT2D eigenvalue weighted by molar-refractivity contribution is -0.254. The van der Waals surface area contributed by atoms with E-state index < -0.39 is 30.2 Å². The van der Waals surface area contributed by atoms with Gasteiger partial charge >= 0.3 is 18.1 Å². The Kier molecular flexibility index (Phi) is 16.5. The van der Waals surface area contributed by atoms with E-state index in [0.717, 1.165) is 19.3 Å². The molecule has 2 aromatic carbocycles. The van der Waals surface area contributed by atoms with Crippen LogP contribution in [0.5, 0.6) is 5.75 Å². The van der Waals surface area contributed by atoms with Crippen molar-refractivity contribution in [1.82, 2.24) is 0 Å². The number of alkyl halides is 3. The van der Waals surface area contributed by atoms with Crippen molar-refractivity contribution in [2.75, 3.05) is 13.2 Å². The van der Waals surface area contributed by atoms with Crippen molar-refractivity contribution >= 4 is 17.9 Å². The van der Waals surface area contributed by atoms with E-state index in [2.05, 4.69) is 6.92 Å². The van der Waals surface area contributed by atoms with Gasteiger partial charge in [-0.15, -0.1) is 0 Å². The third-order valence-corrected chi connectivity index (χ3v) is 7.18. The molecule has 7 nitrogen and oxygen atoms in total. The molecule has 1 atom stereocenters. The second-order valence-corrected chi connectivity index (χ2v) is 10.8. The van der Waals surface area contributed by atoms with Crippen LogP contribution in [-0.4, -0.2) is 43.4 Å². The van der Waals surface area contributed by atoms with Crippen LogP contribution in [0.2, 0.25) is 0 Å². The monoisotopic (exact) mass is 621 g/mol. The zero-order chi connectivity index (χ0) is 32.4. The van der Waals surface area contributed by atoms with Gasteiger partial charge in [0.25, 0.3) is 0 Å². The Morgan fingerprint density at radius 3 is 2.07 bits per heavy atom. The number of carboxylic acids is 1. The summed E-state index contributed by atoms with van der Waals surface area (Å²) in [4.78, 5) is 36.7. The second-order valence-electron chi connectivity index (χ2n) is 10.8. The Hall–Kier alpha value is -3.40. The fourth-order valence-corrected chi connectivity index (χ4v) is 4.72. The third-order valence-electron chi connectivity index (χ3n) is 7.18. The van der Waals surface area contributed by atoms with Crippen LogP contribution >= 0.6 is 0 Å². The van der Waals surface area contributed by atoms with E-state index in [1.165, 1.54) is 68.1 Å². The maximum atomic E-state index is 13.5. The fraction of sp³-hybridized carbons (Fsp3) is 0.559. The van der Waals surface area contributed by atoms with Crippen LogP contribution in [0.4, 0.5) is 13.2 Å². The highest BCUT2D eigenvalue weighted by atomic mass is 19.4. The van der Waals surface area contributed by atoms with E-state index in [-0.39, 0.29) is 41.7 Å². The van der Waals surface area contributed by atoms with E-state index in [0.29, 0.717) is 38.0 Å². The molecule has 0 aliphatic heterocycles. The number of rotatable bonds is 21. The van der Waals surface area contributed by atoms with Gasteiger partial charge in [-0.25, -0.2) is 4.79 Å². The first-order valence-electron chi connectivity index (χ1n) is 15.6. The Labute approximate surface area is 258 Å².